The number of anilines is 1. The van der Waals surface area contributed by atoms with Gasteiger partial charge in [0, 0.05) is 44.0 Å². The monoisotopic (exact) mass is 524 g/mol. The van der Waals surface area contributed by atoms with E-state index in [4.69, 9.17) is 9.26 Å². The van der Waals surface area contributed by atoms with Gasteiger partial charge in [0.2, 0.25) is 17.7 Å². The minimum Gasteiger partial charge on any atom is -0.493 e. The van der Waals surface area contributed by atoms with Crippen molar-refractivity contribution >= 4 is 11.9 Å². The molecule has 204 valence electrons. The van der Waals surface area contributed by atoms with E-state index in [0.717, 1.165) is 50.8 Å². The zero-order valence-electron chi connectivity index (χ0n) is 22.6. The first-order valence-corrected chi connectivity index (χ1v) is 13.4. The first kappa shape index (κ1) is 27.5. The molecule has 0 saturated carbocycles. The van der Waals surface area contributed by atoms with Gasteiger partial charge >= 0.3 is 0 Å². The van der Waals surface area contributed by atoms with Crippen LogP contribution in [0.15, 0.2) is 35.1 Å². The molecule has 1 amide bonds. The topological polar surface area (TPSA) is 106 Å². The Hall–Kier alpha value is -3.56. The number of nitrogens with zero attached hydrogens (tertiary/aromatic N) is 5. The molecule has 3 heterocycles. The number of nitrogens with one attached hydrogen (secondary N) is 1. The predicted octanol–water partition coefficient (Wildman–Crippen LogP) is 5.08. The zero-order chi connectivity index (χ0) is 27.1. The molecule has 1 aliphatic rings. The Labute approximate surface area is 223 Å². The highest BCUT2D eigenvalue weighted by atomic mass is 19.1. The number of amides is 1. The van der Waals surface area contributed by atoms with Crippen molar-refractivity contribution < 1.29 is 18.4 Å². The van der Waals surface area contributed by atoms with E-state index in [1.54, 1.807) is 18.5 Å². The summed E-state index contributed by atoms with van der Waals surface area (Å²) >= 11 is 0. The molecule has 0 aliphatic carbocycles. The van der Waals surface area contributed by atoms with Crippen molar-refractivity contribution in [2.24, 2.45) is 11.8 Å². The van der Waals surface area contributed by atoms with Crippen molar-refractivity contribution in [3.63, 3.8) is 0 Å². The summed E-state index contributed by atoms with van der Waals surface area (Å²) in [4.78, 5) is 27.7. The molecule has 1 aromatic carbocycles. The lowest BCUT2D eigenvalue weighted by Gasteiger charge is -2.32. The van der Waals surface area contributed by atoms with Gasteiger partial charge in [0.15, 0.2) is 0 Å². The molecule has 0 bridgehead atoms. The number of carbonyl (C=O) groups is 1. The predicted molar refractivity (Wildman–Crippen MR) is 143 cm³/mol. The average Bonchev–Trinajstić information content (AvgIpc) is 3.34. The van der Waals surface area contributed by atoms with Crippen molar-refractivity contribution in [1.82, 2.24) is 25.4 Å². The van der Waals surface area contributed by atoms with Crippen LogP contribution in [-0.2, 0) is 6.42 Å². The molecule has 9 nitrogen and oxygen atoms in total. The van der Waals surface area contributed by atoms with Gasteiger partial charge in [-0.1, -0.05) is 19.0 Å². The Bertz CT molecular complexity index is 1190. The van der Waals surface area contributed by atoms with Gasteiger partial charge in [0.25, 0.3) is 5.91 Å². The van der Waals surface area contributed by atoms with Gasteiger partial charge in [0.05, 0.1) is 17.7 Å². The van der Waals surface area contributed by atoms with Gasteiger partial charge in [-0.05, 0) is 63.5 Å². The lowest BCUT2D eigenvalue weighted by molar-refractivity contribution is 0.0939. The number of benzene rings is 1. The second-order valence-corrected chi connectivity index (χ2v) is 10.6. The number of aromatic nitrogens is 4. The smallest absolute Gasteiger partial charge is 0.254 e. The fourth-order valence-electron chi connectivity index (χ4n) is 4.50. The largest absolute Gasteiger partial charge is 0.493 e. The Morgan fingerprint density at radius 3 is 2.58 bits per heavy atom. The Morgan fingerprint density at radius 1 is 1.18 bits per heavy atom. The summed E-state index contributed by atoms with van der Waals surface area (Å²) in [6.07, 6.45) is 8.30. The van der Waals surface area contributed by atoms with E-state index in [2.05, 4.69) is 44.2 Å². The number of rotatable bonds is 11. The number of piperidine rings is 1. The third kappa shape index (κ3) is 7.49. The summed E-state index contributed by atoms with van der Waals surface area (Å²) in [5, 5.41) is 6.74. The summed E-state index contributed by atoms with van der Waals surface area (Å²) in [5.41, 5.74) is 0.776. The second-order valence-electron chi connectivity index (χ2n) is 10.6. The van der Waals surface area contributed by atoms with Crippen LogP contribution in [0.25, 0.3) is 11.4 Å². The van der Waals surface area contributed by atoms with Gasteiger partial charge < -0.3 is 19.5 Å². The highest BCUT2D eigenvalue weighted by Crippen LogP contribution is 2.25. The summed E-state index contributed by atoms with van der Waals surface area (Å²) in [5.74, 6) is 2.36. The van der Waals surface area contributed by atoms with E-state index in [0.29, 0.717) is 41.9 Å². The summed E-state index contributed by atoms with van der Waals surface area (Å²) in [6, 6.07) is 4.34. The number of hydrogen-bond donors (Lipinski definition) is 1. The highest BCUT2D eigenvalue weighted by Gasteiger charge is 2.21. The molecule has 1 fully saturated rings. The minimum atomic E-state index is -0.573. The standard InChI is InChI=1S/C28H37FN6O3/c1-18(2)14-25-33-26(34-38-25)21-16-30-28(31-17-21)35-11-9-20(10-12-35)6-5-13-37-22-7-8-23(24(29)15-22)27(36)32-19(3)4/h7-8,15-20H,5-6,9-14H2,1-4H3,(H,32,36). The van der Waals surface area contributed by atoms with Crippen molar-refractivity contribution in [3.05, 3.63) is 47.9 Å². The van der Waals surface area contributed by atoms with E-state index in [1.165, 1.54) is 12.1 Å². The van der Waals surface area contributed by atoms with E-state index in [-0.39, 0.29) is 11.6 Å². The molecule has 1 saturated heterocycles. The van der Waals surface area contributed by atoms with Crippen LogP contribution in [0.4, 0.5) is 10.3 Å². The third-order valence-electron chi connectivity index (χ3n) is 6.48. The zero-order valence-corrected chi connectivity index (χ0v) is 22.6. The minimum absolute atomic E-state index is 0.0296. The molecule has 4 rings (SSSR count). The molecule has 1 N–H and O–H groups in total. The van der Waals surface area contributed by atoms with Crippen molar-refractivity contribution in [2.75, 3.05) is 24.6 Å². The van der Waals surface area contributed by atoms with Crippen LogP contribution < -0.4 is 15.0 Å². The van der Waals surface area contributed by atoms with Crippen molar-refractivity contribution in [2.45, 2.75) is 65.8 Å². The molecule has 2 aromatic heterocycles. The molecule has 10 heteroatoms. The van der Waals surface area contributed by atoms with Crippen LogP contribution in [-0.4, -0.2) is 51.8 Å². The number of carbonyl (C=O) groups excluding carboxylic acids is 1. The van der Waals surface area contributed by atoms with Gasteiger partial charge in [-0.3, -0.25) is 4.79 Å². The number of halogens is 1. The molecule has 1 aliphatic heterocycles. The molecule has 38 heavy (non-hydrogen) atoms. The highest BCUT2D eigenvalue weighted by molar-refractivity contribution is 5.94. The third-order valence-corrected chi connectivity index (χ3v) is 6.48. The fraction of sp³-hybridized carbons (Fsp3) is 0.536. The van der Waals surface area contributed by atoms with Crippen LogP contribution in [0.3, 0.4) is 0 Å². The van der Waals surface area contributed by atoms with E-state index < -0.39 is 11.7 Å². The SMILES string of the molecule is CC(C)Cc1nc(-c2cnc(N3CCC(CCCOc4ccc(C(=O)NC(C)C)c(F)c4)CC3)nc2)no1. The van der Waals surface area contributed by atoms with Crippen LogP contribution in [0.2, 0.25) is 0 Å². The van der Waals surface area contributed by atoms with Gasteiger partial charge in [0.1, 0.15) is 11.6 Å². The van der Waals surface area contributed by atoms with Crippen LogP contribution in [0.5, 0.6) is 5.75 Å². The van der Waals surface area contributed by atoms with Gasteiger partial charge in [-0.15, -0.1) is 0 Å². The van der Waals surface area contributed by atoms with Gasteiger partial charge in [-0.25, -0.2) is 14.4 Å². The maximum atomic E-state index is 14.3. The normalized spacial score (nSPS) is 14.3. The summed E-state index contributed by atoms with van der Waals surface area (Å²) < 4.78 is 25.4. The second kappa shape index (κ2) is 12.8. The first-order valence-electron chi connectivity index (χ1n) is 13.4. The van der Waals surface area contributed by atoms with E-state index in [9.17, 15) is 9.18 Å². The number of ether oxygens (including phenoxy) is 1. The lowest BCUT2D eigenvalue weighted by atomic mass is 9.92. The quantitative estimate of drug-likeness (QED) is 0.346. The maximum absolute atomic E-state index is 14.3. The summed E-state index contributed by atoms with van der Waals surface area (Å²) in [6.45, 7) is 10.2. The fourth-order valence-corrected chi connectivity index (χ4v) is 4.50. The number of hydrogen-bond acceptors (Lipinski definition) is 8. The molecular formula is C28H37FN6O3. The molecular weight excluding hydrogens is 487 g/mol. The average molecular weight is 525 g/mol. The molecule has 0 unspecified atom stereocenters. The molecule has 0 atom stereocenters. The molecule has 0 spiro atoms. The van der Waals surface area contributed by atoms with E-state index in [1.807, 2.05) is 13.8 Å². The van der Waals surface area contributed by atoms with Crippen LogP contribution >= 0.6 is 0 Å². The molecule has 3 aromatic rings. The lowest BCUT2D eigenvalue weighted by Crippen LogP contribution is -2.34. The Balaban J connectivity index is 1.18. The Kier molecular flexibility index (Phi) is 9.25. The van der Waals surface area contributed by atoms with Crippen molar-refractivity contribution in [3.8, 4) is 17.1 Å². The van der Waals surface area contributed by atoms with E-state index >= 15 is 0 Å². The van der Waals surface area contributed by atoms with Gasteiger partial charge in [-0.2, -0.15) is 4.98 Å². The molecule has 0 radical (unpaired) electrons. The summed E-state index contributed by atoms with van der Waals surface area (Å²) in [7, 11) is 0. The van der Waals surface area contributed by atoms with Crippen molar-refractivity contribution in [1.29, 1.82) is 0 Å². The first-order chi connectivity index (χ1) is 18.3. The van der Waals surface area contributed by atoms with Crippen LogP contribution in [0, 0.1) is 17.7 Å². The Morgan fingerprint density at radius 2 is 1.92 bits per heavy atom. The van der Waals surface area contributed by atoms with Crippen LogP contribution in [0.1, 0.15) is 69.6 Å². The maximum Gasteiger partial charge on any atom is 0.254 e.